The van der Waals surface area contributed by atoms with Crippen LogP contribution in [0.1, 0.15) is 26.3 Å². The van der Waals surface area contributed by atoms with E-state index in [4.69, 9.17) is 4.84 Å². The minimum Gasteiger partial charge on any atom is -0.266 e. The number of nitrogens with zero attached hydrogens (tertiary/aromatic N) is 2. The van der Waals surface area contributed by atoms with Gasteiger partial charge in [0.2, 0.25) is 0 Å². The number of nitro groups is 1. The molecule has 1 aliphatic heterocycles. The zero-order chi connectivity index (χ0) is 16.6. The predicted molar refractivity (Wildman–Crippen MR) is 82.5 cm³/mol. The molecule has 3 rings (SSSR count). The fourth-order valence-electron chi connectivity index (χ4n) is 2.21. The number of benzene rings is 2. The van der Waals surface area contributed by atoms with Crippen LogP contribution in [0.2, 0.25) is 0 Å². The minimum atomic E-state index is -0.544. The van der Waals surface area contributed by atoms with Crippen molar-refractivity contribution in [2.45, 2.75) is 6.61 Å². The summed E-state index contributed by atoms with van der Waals surface area (Å²) >= 11 is 3.09. The smallest absolute Gasteiger partial charge is 0.266 e. The van der Waals surface area contributed by atoms with Crippen molar-refractivity contribution in [2.24, 2.45) is 0 Å². The lowest BCUT2D eigenvalue weighted by Crippen LogP contribution is -2.29. The lowest BCUT2D eigenvalue weighted by Gasteiger charge is -2.13. The Morgan fingerprint density at radius 2 is 1.70 bits per heavy atom. The first kappa shape index (κ1) is 15.3. The third-order valence-corrected chi connectivity index (χ3v) is 3.99. The van der Waals surface area contributed by atoms with E-state index in [1.165, 1.54) is 12.1 Å². The minimum absolute atomic E-state index is 0.117. The second kappa shape index (κ2) is 5.90. The van der Waals surface area contributed by atoms with Gasteiger partial charge < -0.3 is 0 Å². The number of fused-ring (bicyclic) bond motifs is 1. The Hall–Kier alpha value is -2.58. The summed E-state index contributed by atoms with van der Waals surface area (Å²) in [5.74, 6) is -1.09. The number of amides is 2. The molecule has 0 saturated heterocycles. The highest BCUT2D eigenvalue weighted by atomic mass is 79.9. The van der Waals surface area contributed by atoms with Crippen molar-refractivity contribution in [1.29, 1.82) is 0 Å². The SMILES string of the molecule is O=C1c2ccccc2C(=O)N1OCc1ccc(Br)c([N+](=O)[O-])c1. The van der Waals surface area contributed by atoms with E-state index in [9.17, 15) is 19.7 Å². The molecule has 8 heteroatoms. The average Bonchev–Trinajstić information content (AvgIpc) is 2.78. The summed E-state index contributed by atoms with van der Waals surface area (Å²) < 4.78 is 0.340. The summed E-state index contributed by atoms with van der Waals surface area (Å²) in [5, 5.41) is 11.6. The second-order valence-electron chi connectivity index (χ2n) is 4.77. The molecule has 0 N–H and O–H groups in total. The molecule has 0 atom stereocenters. The normalized spacial score (nSPS) is 13.3. The van der Waals surface area contributed by atoms with Gasteiger partial charge in [-0.1, -0.05) is 18.2 Å². The van der Waals surface area contributed by atoms with Crippen LogP contribution in [0.5, 0.6) is 0 Å². The number of nitro benzene ring substituents is 1. The molecule has 2 amide bonds. The highest BCUT2D eigenvalue weighted by Gasteiger charge is 2.36. The number of rotatable bonds is 4. The van der Waals surface area contributed by atoms with Crippen LogP contribution in [0.3, 0.4) is 0 Å². The Bertz CT molecular complexity index is 801. The van der Waals surface area contributed by atoms with Gasteiger partial charge in [0.15, 0.2) is 0 Å². The van der Waals surface area contributed by atoms with Gasteiger partial charge >= 0.3 is 0 Å². The molecule has 0 fully saturated rings. The number of carbonyl (C=O) groups excluding carboxylic acids is 2. The maximum Gasteiger partial charge on any atom is 0.285 e. The fourth-order valence-corrected chi connectivity index (χ4v) is 2.60. The predicted octanol–water partition coefficient (Wildman–Crippen LogP) is 3.09. The van der Waals surface area contributed by atoms with Crippen LogP contribution < -0.4 is 0 Å². The molecule has 2 aromatic carbocycles. The highest BCUT2D eigenvalue weighted by molar-refractivity contribution is 9.10. The van der Waals surface area contributed by atoms with E-state index in [1.807, 2.05) is 0 Å². The van der Waals surface area contributed by atoms with Gasteiger partial charge in [-0.2, -0.15) is 0 Å². The number of hydrogen-bond donors (Lipinski definition) is 0. The molecule has 0 bridgehead atoms. The Labute approximate surface area is 138 Å². The molecule has 1 aliphatic rings. The van der Waals surface area contributed by atoms with E-state index >= 15 is 0 Å². The van der Waals surface area contributed by atoms with Crippen molar-refractivity contribution < 1.29 is 19.3 Å². The quantitative estimate of drug-likeness (QED) is 0.464. The lowest BCUT2D eigenvalue weighted by atomic mass is 10.1. The van der Waals surface area contributed by atoms with Gasteiger partial charge in [0, 0.05) is 6.07 Å². The molecule has 0 spiro atoms. The second-order valence-corrected chi connectivity index (χ2v) is 5.62. The van der Waals surface area contributed by atoms with Crippen molar-refractivity contribution in [2.75, 3.05) is 0 Å². The van der Waals surface area contributed by atoms with Gasteiger partial charge in [0.05, 0.1) is 20.5 Å². The van der Waals surface area contributed by atoms with Crippen molar-refractivity contribution in [1.82, 2.24) is 5.06 Å². The summed E-state index contributed by atoms with van der Waals surface area (Å²) in [7, 11) is 0. The first-order valence-corrected chi connectivity index (χ1v) is 7.32. The van der Waals surface area contributed by atoms with E-state index in [-0.39, 0.29) is 23.4 Å². The van der Waals surface area contributed by atoms with E-state index in [1.54, 1.807) is 30.3 Å². The maximum atomic E-state index is 12.1. The number of imide groups is 1. The van der Waals surface area contributed by atoms with Crippen LogP contribution >= 0.6 is 15.9 Å². The van der Waals surface area contributed by atoms with Crippen molar-refractivity contribution >= 4 is 33.4 Å². The molecule has 0 aliphatic carbocycles. The highest BCUT2D eigenvalue weighted by Crippen LogP contribution is 2.27. The molecule has 0 saturated carbocycles. The van der Waals surface area contributed by atoms with Gasteiger partial charge in [0.25, 0.3) is 17.5 Å². The van der Waals surface area contributed by atoms with Crippen molar-refractivity contribution in [3.8, 4) is 0 Å². The van der Waals surface area contributed by atoms with Crippen molar-refractivity contribution in [3.05, 3.63) is 73.7 Å². The Morgan fingerprint density at radius 3 is 2.26 bits per heavy atom. The molecule has 2 aromatic rings. The van der Waals surface area contributed by atoms with E-state index in [0.29, 0.717) is 15.1 Å². The molecule has 0 aromatic heterocycles. The van der Waals surface area contributed by atoms with Crippen LogP contribution in [0.15, 0.2) is 46.9 Å². The fraction of sp³-hybridized carbons (Fsp3) is 0.0667. The lowest BCUT2D eigenvalue weighted by molar-refractivity contribution is -0.385. The molecule has 7 nitrogen and oxygen atoms in total. The summed E-state index contributed by atoms with van der Waals surface area (Å²) in [6.07, 6.45) is 0. The Balaban J connectivity index is 1.78. The van der Waals surface area contributed by atoms with Crippen LogP contribution in [0.4, 0.5) is 5.69 Å². The summed E-state index contributed by atoms with van der Waals surface area (Å²) in [4.78, 5) is 39.9. The molecule has 0 radical (unpaired) electrons. The standard InChI is InChI=1S/C15H9BrN2O5/c16-12-6-5-9(7-13(12)18(21)22)8-23-17-14(19)10-3-1-2-4-11(10)15(17)20/h1-7H,8H2. The summed E-state index contributed by atoms with van der Waals surface area (Å²) in [5.41, 5.74) is 0.906. The molecule has 23 heavy (non-hydrogen) atoms. The Morgan fingerprint density at radius 1 is 1.09 bits per heavy atom. The van der Waals surface area contributed by atoms with Gasteiger partial charge in [-0.25, -0.2) is 0 Å². The third kappa shape index (κ3) is 2.73. The van der Waals surface area contributed by atoms with Crippen LogP contribution in [0, 0.1) is 10.1 Å². The van der Waals surface area contributed by atoms with Gasteiger partial charge in [0.1, 0.15) is 6.61 Å². The summed E-state index contributed by atoms with van der Waals surface area (Å²) in [6, 6.07) is 10.8. The maximum absolute atomic E-state index is 12.1. The van der Waals surface area contributed by atoms with E-state index in [2.05, 4.69) is 15.9 Å². The van der Waals surface area contributed by atoms with Crippen molar-refractivity contribution in [3.63, 3.8) is 0 Å². The largest absolute Gasteiger partial charge is 0.285 e. The number of hydroxylamine groups is 2. The molecule has 0 unspecified atom stereocenters. The van der Waals surface area contributed by atoms with Crippen LogP contribution in [0.25, 0.3) is 0 Å². The van der Waals surface area contributed by atoms with Gasteiger partial charge in [-0.3, -0.25) is 24.5 Å². The zero-order valence-electron chi connectivity index (χ0n) is 11.6. The summed E-state index contributed by atoms with van der Waals surface area (Å²) in [6.45, 7) is -0.139. The van der Waals surface area contributed by atoms with E-state index < -0.39 is 16.7 Å². The molecular weight excluding hydrogens is 368 g/mol. The number of carbonyl (C=O) groups is 2. The number of halogens is 1. The first-order valence-electron chi connectivity index (χ1n) is 6.52. The monoisotopic (exact) mass is 376 g/mol. The van der Waals surface area contributed by atoms with Gasteiger partial charge in [-0.15, -0.1) is 5.06 Å². The van der Waals surface area contributed by atoms with Gasteiger partial charge in [-0.05, 0) is 39.7 Å². The first-order chi connectivity index (χ1) is 11.0. The topological polar surface area (TPSA) is 89.8 Å². The van der Waals surface area contributed by atoms with E-state index in [0.717, 1.165) is 0 Å². The van der Waals surface area contributed by atoms with Crippen LogP contribution in [-0.2, 0) is 11.4 Å². The third-order valence-electron chi connectivity index (χ3n) is 3.32. The van der Waals surface area contributed by atoms with Crippen LogP contribution in [-0.4, -0.2) is 21.8 Å². The zero-order valence-corrected chi connectivity index (χ0v) is 13.1. The average molecular weight is 377 g/mol. The molecule has 116 valence electrons. The Kier molecular flexibility index (Phi) is 3.93. The number of hydrogen-bond acceptors (Lipinski definition) is 5. The molecular formula is C15H9BrN2O5. The molecule has 1 heterocycles.